The molecule has 0 amide bonds. The van der Waals surface area contributed by atoms with Gasteiger partial charge in [-0.15, -0.1) is 0 Å². The summed E-state index contributed by atoms with van der Waals surface area (Å²) >= 11 is 29.0. The molecule has 0 unspecified atom stereocenters. The molecule has 0 aliphatic rings. The highest BCUT2D eigenvalue weighted by Gasteiger charge is 2.18. The quantitative estimate of drug-likeness (QED) is 0.239. The van der Waals surface area contributed by atoms with Crippen LogP contribution in [0.5, 0.6) is 0 Å². The minimum atomic E-state index is 0.208. The number of rotatable bonds is 5. The van der Waals surface area contributed by atoms with Crippen molar-refractivity contribution in [2.24, 2.45) is 11.5 Å². The van der Waals surface area contributed by atoms with Crippen molar-refractivity contribution in [3.63, 3.8) is 0 Å². The van der Waals surface area contributed by atoms with Gasteiger partial charge in [-0.1, -0.05) is 34.8 Å². The van der Waals surface area contributed by atoms with Crippen LogP contribution < -0.4 is 21.7 Å². The Morgan fingerprint density at radius 3 is 2.25 bits per heavy atom. The molecule has 0 spiro atoms. The third kappa shape index (κ3) is 4.58. The molecule has 4 aromatic rings. The summed E-state index contributed by atoms with van der Waals surface area (Å²) in [6.45, 7) is 0.568. The van der Waals surface area contributed by atoms with E-state index in [0.717, 1.165) is 38.7 Å². The molecule has 10 heteroatoms. The van der Waals surface area contributed by atoms with Gasteiger partial charge in [0.2, 0.25) is 0 Å². The van der Waals surface area contributed by atoms with Gasteiger partial charge in [-0.25, -0.2) is 0 Å². The van der Waals surface area contributed by atoms with E-state index in [1.54, 1.807) is 17.0 Å². The van der Waals surface area contributed by atoms with E-state index in [4.69, 9.17) is 70.7 Å². The topological polar surface area (TPSA) is 83.1 Å². The fourth-order valence-electron chi connectivity index (χ4n) is 3.69. The molecule has 0 atom stereocenters. The fourth-order valence-corrected chi connectivity index (χ4v) is 4.46. The van der Waals surface area contributed by atoms with E-state index in [2.05, 4.69) is 10.3 Å². The highest BCUT2D eigenvalue weighted by Crippen LogP contribution is 2.38. The Morgan fingerprint density at radius 1 is 0.906 bits per heavy atom. The van der Waals surface area contributed by atoms with Crippen molar-refractivity contribution in [2.75, 3.05) is 11.4 Å². The zero-order valence-electron chi connectivity index (χ0n) is 16.6. The zero-order valence-corrected chi connectivity index (χ0v) is 20.5. The smallest absolute Gasteiger partial charge is 0.175 e. The summed E-state index contributed by atoms with van der Waals surface area (Å²) in [6, 6.07) is 15.1. The van der Waals surface area contributed by atoms with E-state index < -0.39 is 0 Å². The molecule has 164 valence electrons. The number of thiocarbonyl (C=S) groups is 2. The lowest BCUT2D eigenvalue weighted by Gasteiger charge is -2.24. The predicted octanol–water partition coefficient (Wildman–Crippen LogP) is 6.04. The average Bonchev–Trinajstić information content (AvgIpc) is 3.07. The number of aromatic amines is 1. The van der Waals surface area contributed by atoms with Crippen LogP contribution in [-0.2, 0) is 6.42 Å². The Hall–Kier alpha value is -2.29. The van der Waals surface area contributed by atoms with E-state index in [9.17, 15) is 0 Å². The maximum Gasteiger partial charge on any atom is 0.175 e. The normalized spacial score (nSPS) is 11.1. The highest BCUT2D eigenvalue weighted by atomic mass is 35.5. The van der Waals surface area contributed by atoms with Gasteiger partial charge in [0.1, 0.15) is 0 Å². The maximum absolute atomic E-state index is 6.32. The van der Waals surface area contributed by atoms with Crippen molar-refractivity contribution in [3.05, 3.63) is 69.2 Å². The zero-order chi connectivity index (χ0) is 23.0. The molecule has 0 saturated carbocycles. The number of nitrogens with one attached hydrogen (secondary N) is 2. The van der Waals surface area contributed by atoms with Crippen LogP contribution in [0, 0.1) is 0 Å². The number of hydrogen-bond donors (Lipinski definition) is 4. The minimum Gasteiger partial charge on any atom is -0.376 e. The first-order valence-electron chi connectivity index (χ1n) is 9.56. The summed E-state index contributed by atoms with van der Waals surface area (Å²) in [5, 5.41) is 6.95. The van der Waals surface area contributed by atoms with E-state index in [-0.39, 0.29) is 10.2 Å². The van der Waals surface area contributed by atoms with E-state index in [1.807, 2.05) is 36.4 Å². The molecule has 0 bridgehead atoms. The summed E-state index contributed by atoms with van der Waals surface area (Å²) in [7, 11) is 0. The van der Waals surface area contributed by atoms with Crippen LogP contribution in [0.2, 0.25) is 15.1 Å². The highest BCUT2D eigenvalue weighted by molar-refractivity contribution is 7.80. The molecule has 4 rings (SSSR count). The molecule has 32 heavy (non-hydrogen) atoms. The van der Waals surface area contributed by atoms with Crippen molar-refractivity contribution in [2.45, 2.75) is 6.42 Å². The summed E-state index contributed by atoms with van der Waals surface area (Å²) in [4.78, 5) is 5.26. The van der Waals surface area contributed by atoms with Crippen LogP contribution >= 0.6 is 59.2 Å². The van der Waals surface area contributed by atoms with Crippen LogP contribution in [0.25, 0.3) is 21.8 Å². The Morgan fingerprint density at radius 2 is 1.59 bits per heavy atom. The summed E-state index contributed by atoms with van der Waals surface area (Å²) in [6.07, 6.45) is 0.655. The second kappa shape index (κ2) is 9.29. The first kappa shape index (κ1) is 22.9. The Balaban J connectivity index is 1.93. The lowest BCUT2D eigenvalue weighted by atomic mass is 10.0. The summed E-state index contributed by atoms with van der Waals surface area (Å²) in [5.41, 5.74) is 16.2. The number of H-pyrrole nitrogens is 1. The van der Waals surface area contributed by atoms with Gasteiger partial charge in [-0.3, -0.25) is 4.90 Å². The van der Waals surface area contributed by atoms with Crippen molar-refractivity contribution in [1.82, 2.24) is 10.3 Å². The SMILES string of the molecule is NC(=S)NCCc1cc(N(C(N)=S)c2ccc(Cl)cc2)cc2c1[nH]c1cc(Cl)c(Cl)cc12. The maximum atomic E-state index is 6.32. The fraction of sp³-hybridized carbons (Fsp3) is 0.0909. The molecule has 3 aromatic carbocycles. The Labute approximate surface area is 210 Å². The van der Waals surface area contributed by atoms with E-state index in [0.29, 0.717) is 28.0 Å². The number of halogens is 3. The van der Waals surface area contributed by atoms with Gasteiger partial charge in [0.25, 0.3) is 0 Å². The van der Waals surface area contributed by atoms with Gasteiger partial charge in [0.15, 0.2) is 10.2 Å². The molecule has 1 aromatic heterocycles. The molecule has 0 aliphatic carbocycles. The summed E-state index contributed by atoms with van der Waals surface area (Å²) in [5.74, 6) is 0. The van der Waals surface area contributed by atoms with Crippen LogP contribution in [-0.4, -0.2) is 21.8 Å². The van der Waals surface area contributed by atoms with E-state index in [1.165, 1.54) is 0 Å². The Kier molecular flexibility index (Phi) is 6.65. The molecule has 0 radical (unpaired) electrons. The number of anilines is 2. The molecular weight excluding hydrogens is 505 g/mol. The van der Waals surface area contributed by atoms with Crippen molar-refractivity contribution >= 4 is 103 Å². The Bertz CT molecular complexity index is 1350. The van der Waals surface area contributed by atoms with Gasteiger partial charge >= 0.3 is 0 Å². The average molecular weight is 523 g/mol. The number of nitrogens with zero attached hydrogens (tertiary/aromatic N) is 1. The molecule has 6 N–H and O–H groups in total. The summed E-state index contributed by atoms with van der Waals surface area (Å²) < 4.78 is 0. The second-order valence-corrected chi connectivity index (χ2v) is 9.26. The monoisotopic (exact) mass is 521 g/mol. The van der Waals surface area contributed by atoms with Gasteiger partial charge in [-0.2, -0.15) is 0 Å². The second-order valence-electron chi connectivity index (χ2n) is 7.16. The molecule has 1 heterocycles. The van der Waals surface area contributed by atoms with Gasteiger partial charge in [0.05, 0.1) is 10.0 Å². The lowest BCUT2D eigenvalue weighted by molar-refractivity contribution is 0.873. The third-order valence-corrected chi connectivity index (χ3v) is 6.37. The predicted molar refractivity (Wildman–Crippen MR) is 145 cm³/mol. The standard InChI is InChI=1S/C22H18Cl3N5S2/c23-12-1-3-13(4-2-12)30(22(27)32)14-7-11(5-6-28-21(26)31)20-16(8-14)15-9-17(24)18(25)10-19(15)29-20/h1-4,7-10,29H,5-6H2,(H2,27,32)(H3,26,28,31). The largest absolute Gasteiger partial charge is 0.376 e. The number of fused-ring (bicyclic) bond motifs is 3. The van der Waals surface area contributed by atoms with Crippen LogP contribution in [0.1, 0.15) is 5.56 Å². The molecule has 0 fully saturated rings. The van der Waals surface area contributed by atoms with Gasteiger partial charge < -0.3 is 21.8 Å². The van der Waals surface area contributed by atoms with Gasteiger partial charge in [0, 0.05) is 44.7 Å². The van der Waals surface area contributed by atoms with Crippen LogP contribution in [0.4, 0.5) is 11.4 Å². The van der Waals surface area contributed by atoms with Gasteiger partial charge in [-0.05, 0) is 85.0 Å². The molecule has 0 aliphatic heterocycles. The first-order valence-corrected chi connectivity index (χ1v) is 11.5. The number of aromatic nitrogens is 1. The number of benzene rings is 3. The van der Waals surface area contributed by atoms with Crippen molar-refractivity contribution in [1.29, 1.82) is 0 Å². The minimum absolute atomic E-state index is 0.208. The number of hydrogen-bond acceptors (Lipinski definition) is 2. The number of nitrogens with two attached hydrogens (primary N) is 2. The first-order chi connectivity index (χ1) is 15.2. The van der Waals surface area contributed by atoms with E-state index >= 15 is 0 Å². The van der Waals surface area contributed by atoms with Crippen LogP contribution in [0.3, 0.4) is 0 Å². The lowest BCUT2D eigenvalue weighted by Crippen LogP contribution is -2.31. The molecule has 0 saturated heterocycles. The third-order valence-electron chi connectivity index (χ3n) is 5.07. The van der Waals surface area contributed by atoms with Crippen molar-refractivity contribution in [3.8, 4) is 0 Å². The van der Waals surface area contributed by atoms with Crippen molar-refractivity contribution < 1.29 is 0 Å². The molecule has 5 nitrogen and oxygen atoms in total. The van der Waals surface area contributed by atoms with Crippen LogP contribution in [0.15, 0.2) is 48.5 Å². The molecular formula is C22H18Cl3N5S2.